The number of rotatable bonds is 15. The zero-order chi connectivity index (χ0) is 51.6. The van der Waals surface area contributed by atoms with Crippen molar-refractivity contribution in [2.75, 3.05) is 26.4 Å². The summed E-state index contributed by atoms with van der Waals surface area (Å²) in [5.74, 6) is 5.94. The summed E-state index contributed by atoms with van der Waals surface area (Å²) < 4.78 is 19.3. The second kappa shape index (κ2) is 21.9. The molecule has 6 N–H and O–H groups in total. The van der Waals surface area contributed by atoms with Gasteiger partial charge in [-0.1, -0.05) is 65.8 Å². The molecule has 0 radical (unpaired) electrons. The maximum absolute atomic E-state index is 13.8. The van der Waals surface area contributed by atoms with E-state index in [1.165, 1.54) is 44.9 Å². The van der Waals surface area contributed by atoms with Crippen LogP contribution in [0.2, 0.25) is 0 Å². The minimum atomic E-state index is -0.813. The van der Waals surface area contributed by atoms with Gasteiger partial charge in [0, 0.05) is 29.1 Å². The number of carbonyl (C=O) groups excluding carboxylic acids is 2. The number of aliphatic hydroxyl groups excluding tert-OH is 3. The van der Waals surface area contributed by atoms with E-state index in [-0.39, 0.29) is 43.2 Å². The van der Waals surface area contributed by atoms with Crippen LogP contribution in [0.5, 0.6) is 11.5 Å². The fourth-order valence-corrected chi connectivity index (χ4v) is 14.9. The van der Waals surface area contributed by atoms with Gasteiger partial charge in [0.1, 0.15) is 41.9 Å². The van der Waals surface area contributed by atoms with Crippen molar-refractivity contribution in [2.24, 2.45) is 75.7 Å². The van der Waals surface area contributed by atoms with Crippen LogP contribution in [-0.2, 0) is 37.1 Å². The van der Waals surface area contributed by atoms with Crippen molar-refractivity contribution in [1.82, 2.24) is 15.4 Å². The molecule has 1 amide bonds. The number of nitrogens with two attached hydrogens (primary N) is 1. The summed E-state index contributed by atoms with van der Waals surface area (Å²) in [4.78, 5) is 38.1. The van der Waals surface area contributed by atoms with Gasteiger partial charge in [0.15, 0.2) is 0 Å². The van der Waals surface area contributed by atoms with Crippen LogP contribution in [0.3, 0.4) is 0 Å². The number of cyclic esters (lactones) is 1. The van der Waals surface area contributed by atoms with E-state index in [2.05, 4.69) is 78.7 Å². The topological polar surface area (TPSA) is 186 Å². The SMILES string of the molecule is C[C@@H]1OC(=O)[C@@H]2[C@H]1[C@H](CO)ON2Cc1cccc(Br)c1OCC1CC1.C[C@@H]1[C@@H](N)C[C@H]2C[C@@H]1C2(C)C.C[C@@H]1[C@@H](NC(=O)[C@@H]2[C@H]([C@H](C)O)[C@H](CO)ON2Cc2cccc(Br)c2OCC2CC2)C[C@H]2C[C@@H]1C2(C)C. The number of ether oxygens (including phenoxy) is 3. The first kappa shape index (κ1) is 54.4. The van der Waals surface area contributed by atoms with E-state index >= 15 is 0 Å². The van der Waals surface area contributed by atoms with Crippen molar-refractivity contribution in [3.8, 4) is 11.5 Å². The summed E-state index contributed by atoms with van der Waals surface area (Å²) in [7, 11) is 0. The molecule has 11 aliphatic rings. The average Bonchev–Trinajstić information content (AvgIpc) is 4.26. The van der Waals surface area contributed by atoms with E-state index in [4.69, 9.17) is 29.6 Å². The zero-order valence-electron chi connectivity index (χ0n) is 43.7. The Morgan fingerprint density at radius 2 is 1.31 bits per heavy atom. The van der Waals surface area contributed by atoms with Crippen LogP contribution in [0.1, 0.15) is 118 Å². The third kappa shape index (κ3) is 10.9. The average molecular weight is 1130 g/mol. The zero-order valence-corrected chi connectivity index (χ0v) is 46.9. The number of benzene rings is 2. The smallest absolute Gasteiger partial charge is 0.326 e. The lowest BCUT2D eigenvalue weighted by Crippen LogP contribution is -2.62. The van der Waals surface area contributed by atoms with Crippen molar-refractivity contribution >= 4 is 43.7 Å². The molecule has 8 aliphatic carbocycles. The number of hydroxylamine groups is 4. The Hall–Kier alpha value is -2.38. The second-order valence-corrected chi connectivity index (χ2v) is 26.1. The molecular weight excluding hydrogens is 1050 g/mol. The highest BCUT2D eigenvalue weighted by atomic mass is 79.9. The number of aliphatic hydroxyl groups is 3. The fraction of sp³-hybridized carbons (Fsp3) is 0.750. The molecule has 72 heavy (non-hydrogen) atoms. The fourth-order valence-electron chi connectivity index (χ4n) is 13.8. The van der Waals surface area contributed by atoms with Gasteiger partial charge in [-0.05, 0) is 167 Å². The summed E-state index contributed by atoms with van der Waals surface area (Å²) in [5.41, 5.74) is 8.81. The first-order chi connectivity index (χ1) is 34.2. The second-order valence-electron chi connectivity index (χ2n) is 24.4. The summed E-state index contributed by atoms with van der Waals surface area (Å²) in [5, 5.41) is 36.9. The molecule has 13 rings (SSSR count). The molecule has 0 aromatic heterocycles. The largest absolute Gasteiger partial charge is 0.492 e. The molecule has 0 spiro atoms. The van der Waals surface area contributed by atoms with Crippen molar-refractivity contribution in [1.29, 1.82) is 0 Å². The van der Waals surface area contributed by atoms with Crippen LogP contribution in [0.4, 0.5) is 0 Å². The van der Waals surface area contributed by atoms with Crippen LogP contribution in [0.15, 0.2) is 45.3 Å². The molecule has 4 bridgehead atoms. The molecule has 14 nitrogen and oxygen atoms in total. The van der Waals surface area contributed by atoms with E-state index in [9.17, 15) is 24.9 Å². The number of nitrogens with one attached hydrogen (secondary N) is 1. The van der Waals surface area contributed by atoms with Crippen LogP contribution in [-0.4, -0.2) is 112 Å². The highest BCUT2D eigenvalue weighted by Crippen LogP contribution is 2.62. The third-order valence-electron chi connectivity index (χ3n) is 19.2. The van der Waals surface area contributed by atoms with E-state index in [1.54, 1.807) is 17.1 Å². The quantitative estimate of drug-likeness (QED) is 0.108. The molecule has 11 fully saturated rings. The summed E-state index contributed by atoms with van der Waals surface area (Å²) in [6, 6.07) is 11.1. The van der Waals surface area contributed by atoms with Crippen LogP contribution in [0, 0.1) is 70.0 Å². The molecule has 3 aliphatic heterocycles. The summed E-state index contributed by atoms with van der Waals surface area (Å²) in [6.07, 6.45) is 7.64. The lowest BCUT2D eigenvalue weighted by atomic mass is 9.45. The summed E-state index contributed by atoms with van der Waals surface area (Å²) in [6.45, 7) is 19.3. The Labute approximate surface area is 444 Å². The number of nitrogens with zero attached hydrogens (tertiary/aromatic N) is 2. The molecule has 3 heterocycles. The number of para-hydroxylation sites is 2. The molecule has 16 atom stereocenters. The molecule has 400 valence electrons. The molecular formula is C56H82Br2N4O10. The molecule has 16 heteroatoms. The number of fused-ring (bicyclic) bond motifs is 5. The van der Waals surface area contributed by atoms with Gasteiger partial charge in [0.2, 0.25) is 5.91 Å². The molecule has 2 aromatic carbocycles. The van der Waals surface area contributed by atoms with Crippen LogP contribution in [0.25, 0.3) is 0 Å². The standard InChI is InChI=1S/C28H41BrN2O5.C18H22BrNO5.C10H19N/c1-15-20-10-19(28(20,3)4)11-22(15)30-27(34)25-24(16(2)33)23(13-32)36-31(25)12-18-6-5-7-21(29)26(18)35-14-17-8-9-17;1-10-15-14(8-21)25-20(16(15)18(22)24-10)7-12-3-2-4-13(19)17(12)23-9-11-5-6-11;1-6-8-4-7(5-9(6)11)10(8,2)3/h5-7,15-17,19-20,22-25,32-33H,8-14H2,1-4H3,(H,30,34);2-4,10-11,14-16,21H,5-9H2,1H3;6-9H,4-5,11H2,1-3H3/t15-,16-,19+,20-,22-,23-,24+,25-;10-,14-,15+,16-;6-,7+,8-,9-/m000/s1. The number of esters is 1. The predicted molar refractivity (Wildman–Crippen MR) is 280 cm³/mol. The van der Waals surface area contributed by atoms with Gasteiger partial charge in [-0.2, -0.15) is 10.1 Å². The first-order valence-corrected chi connectivity index (χ1v) is 28.6. The van der Waals surface area contributed by atoms with Crippen molar-refractivity contribution in [3.63, 3.8) is 0 Å². The van der Waals surface area contributed by atoms with Crippen molar-refractivity contribution in [2.45, 2.75) is 168 Å². The van der Waals surface area contributed by atoms with Gasteiger partial charge in [-0.3, -0.25) is 19.3 Å². The van der Waals surface area contributed by atoms with E-state index in [0.717, 1.165) is 55.7 Å². The maximum atomic E-state index is 13.8. The molecule has 8 saturated carbocycles. The van der Waals surface area contributed by atoms with Gasteiger partial charge >= 0.3 is 5.97 Å². The number of amides is 1. The van der Waals surface area contributed by atoms with E-state index in [1.807, 2.05) is 43.3 Å². The highest BCUT2D eigenvalue weighted by molar-refractivity contribution is 9.11. The minimum Gasteiger partial charge on any atom is -0.492 e. The van der Waals surface area contributed by atoms with Gasteiger partial charge in [-0.15, -0.1) is 0 Å². The molecule has 2 aromatic rings. The lowest BCUT2D eigenvalue weighted by molar-refractivity contribution is -0.195. The van der Waals surface area contributed by atoms with Crippen molar-refractivity contribution in [3.05, 3.63) is 56.5 Å². The van der Waals surface area contributed by atoms with Crippen molar-refractivity contribution < 1.29 is 48.8 Å². The summed E-state index contributed by atoms with van der Waals surface area (Å²) >= 11 is 7.17. The molecule has 3 saturated heterocycles. The minimum absolute atomic E-state index is 0.113. The number of halogens is 2. The monoisotopic (exact) mass is 1130 g/mol. The number of hydrogen-bond donors (Lipinski definition) is 5. The van der Waals surface area contributed by atoms with Crippen LogP contribution < -0.4 is 20.5 Å². The Morgan fingerprint density at radius 1 is 0.792 bits per heavy atom. The maximum Gasteiger partial charge on any atom is 0.326 e. The van der Waals surface area contributed by atoms with Crippen LogP contribution >= 0.6 is 31.9 Å². The lowest BCUT2D eigenvalue weighted by Gasteiger charge is -2.62. The molecule has 0 unspecified atom stereocenters. The first-order valence-electron chi connectivity index (χ1n) is 27.1. The number of carbonyl (C=O) groups is 2. The normalized spacial score (nSPS) is 37.4. The van der Waals surface area contributed by atoms with E-state index in [0.29, 0.717) is 72.8 Å². The van der Waals surface area contributed by atoms with Gasteiger partial charge < -0.3 is 40.6 Å². The van der Waals surface area contributed by atoms with Gasteiger partial charge in [0.25, 0.3) is 0 Å². The number of hydrogen-bond acceptors (Lipinski definition) is 13. The van der Waals surface area contributed by atoms with Gasteiger partial charge in [-0.25, -0.2) is 0 Å². The van der Waals surface area contributed by atoms with E-state index < -0.39 is 36.3 Å². The third-order valence-corrected chi connectivity index (χ3v) is 20.4. The Kier molecular flexibility index (Phi) is 16.6. The Balaban J connectivity index is 0.000000152. The highest BCUT2D eigenvalue weighted by Gasteiger charge is 2.59. The predicted octanol–water partition coefficient (Wildman–Crippen LogP) is 8.19. The Bertz CT molecular complexity index is 2240. The Morgan fingerprint density at radius 3 is 1.78 bits per heavy atom. The van der Waals surface area contributed by atoms with Gasteiger partial charge in [0.05, 0.1) is 60.5 Å².